The van der Waals surface area contributed by atoms with Crippen molar-refractivity contribution in [2.75, 3.05) is 18.0 Å². The van der Waals surface area contributed by atoms with Crippen LogP contribution < -0.4 is 5.73 Å². The van der Waals surface area contributed by atoms with E-state index < -0.39 is 10.0 Å². The van der Waals surface area contributed by atoms with Crippen molar-refractivity contribution in [2.45, 2.75) is 30.0 Å². The third-order valence-corrected chi connectivity index (χ3v) is 6.92. The van der Waals surface area contributed by atoms with Crippen LogP contribution in [0.5, 0.6) is 0 Å². The molecule has 1 heterocycles. The van der Waals surface area contributed by atoms with E-state index in [9.17, 15) is 8.42 Å². The molecule has 1 aliphatic heterocycles. The number of hydrogen-bond donors (Lipinski definition) is 1. The quantitative estimate of drug-likeness (QED) is 0.839. The lowest BCUT2D eigenvalue weighted by molar-refractivity contribution is 0.340. The van der Waals surface area contributed by atoms with E-state index in [-0.39, 0.29) is 21.8 Å². The summed E-state index contributed by atoms with van der Waals surface area (Å²) in [6, 6.07) is 6.16. The lowest BCUT2D eigenvalue weighted by Gasteiger charge is -2.36. The number of hydrogen-bond acceptors (Lipinski definition) is 5. The summed E-state index contributed by atoms with van der Waals surface area (Å²) in [6.07, 6.45) is 0. The van der Waals surface area contributed by atoms with Gasteiger partial charge in [0.25, 0.3) is 0 Å². The van der Waals surface area contributed by atoms with E-state index >= 15 is 0 Å². The van der Waals surface area contributed by atoms with Gasteiger partial charge in [0.15, 0.2) is 0 Å². The second kappa shape index (κ2) is 5.64. The largest absolute Gasteiger partial charge is 0.399 e. The Morgan fingerprint density at radius 2 is 2.15 bits per heavy atom. The molecule has 0 spiro atoms. The second-order valence-electron chi connectivity index (χ2n) is 4.80. The first-order valence-electron chi connectivity index (χ1n) is 6.31. The summed E-state index contributed by atoms with van der Waals surface area (Å²) in [5, 5.41) is 9.36. The maximum Gasteiger partial charge on any atom is 0.244 e. The van der Waals surface area contributed by atoms with E-state index in [2.05, 4.69) is 0 Å². The maximum absolute atomic E-state index is 12.8. The topological polar surface area (TPSA) is 87.2 Å². The molecule has 0 radical (unpaired) electrons. The molecule has 0 aromatic heterocycles. The molecule has 5 nitrogen and oxygen atoms in total. The summed E-state index contributed by atoms with van der Waals surface area (Å²) in [7, 11) is -3.66. The molecule has 1 saturated heterocycles. The highest BCUT2D eigenvalue weighted by Crippen LogP contribution is 2.30. The zero-order valence-corrected chi connectivity index (χ0v) is 13.0. The number of nitrogens with two attached hydrogens (primary N) is 1. The van der Waals surface area contributed by atoms with Gasteiger partial charge in [-0.05, 0) is 25.1 Å². The van der Waals surface area contributed by atoms with Crippen LogP contribution >= 0.6 is 11.8 Å². The second-order valence-corrected chi connectivity index (χ2v) is 8.14. The van der Waals surface area contributed by atoms with Gasteiger partial charge < -0.3 is 5.73 Å². The number of nitriles is 1. The van der Waals surface area contributed by atoms with Gasteiger partial charge in [0.1, 0.15) is 11.0 Å². The molecule has 0 aliphatic carbocycles. The molecule has 108 valence electrons. The lowest BCUT2D eigenvalue weighted by Crippen LogP contribution is -2.47. The molecule has 2 unspecified atom stereocenters. The number of sulfonamides is 1. The van der Waals surface area contributed by atoms with E-state index in [0.717, 1.165) is 5.75 Å². The molecule has 0 bridgehead atoms. The molecule has 7 heteroatoms. The summed E-state index contributed by atoms with van der Waals surface area (Å²) < 4.78 is 27.0. The van der Waals surface area contributed by atoms with Crippen LogP contribution in [-0.2, 0) is 10.0 Å². The molecule has 1 fully saturated rings. The fourth-order valence-electron chi connectivity index (χ4n) is 2.23. The van der Waals surface area contributed by atoms with Gasteiger partial charge in [-0.3, -0.25) is 0 Å². The minimum Gasteiger partial charge on any atom is -0.399 e. The zero-order valence-electron chi connectivity index (χ0n) is 11.4. The molecule has 2 atom stereocenters. The SMILES string of the molecule is CC1SCCN(S(=O)(=O)c2ccc(N)cc2C#N)C1C. The van der Waals surface area contributed by atoms with Crippen molar-refractivity contribution in [1.29, 1.82) is 5.26 Å². The Balaban J connectivity index is 2.48. The van der Waals surface area contributed by atoms with Crippen LogP contribution in [0.4, 0.5) is 5.69 Å². The smallest absolute Gasteiger partial charge is 0.244 e. The maximum atomic E-state index is 12.8. The van der Waals surface area contributed by atoms with Gasteiger partial charge in [0, 0.05) is 29.3 Å². The van der Waals surface area contributed by atoms with Crippen LogP contribution in [0.25, 0.3) is 0 Å². The molecule has 20 heavy (non-hydrogen) atoms. The zero-order chi connectivity index (χ0) is 14.9. The van der Waals surface area contributed by atoms with Crippen molar-refractivity contribution in [3.8, 4) is 6.07 Å². The summed E-state index contributed by atoms with van der Waals surface area (Å²) in [4.78, 5) is 0.0418. The van der Waals surface area contributed by atoms with Crippen LogP contribution in [0, 0.1) is 11.3 Å². The lowest BCUT2D eigenvalue weighted by atomic mass is 10.2. The number of nitrogen functional groups attached to an aromatic ring is 1. The fourth-order valence-corrected chi connectivity index (χ4v) is 5.35. The summed E-state index contributed by atoms with van der Waals surface area (Å²) in [5.74, 6) is 0.765. The van der Waals surface area contributed by atoms with Crippen molar-refractivity contribution in [3.63, 3.8) is 0 Å². The Morgan fingerprint density at radius 3 is 2.80 bits per heavy atom. The highest BCUT2D eigenvalue weighted by Gasteiger charge is 2.36. The van der Waals surface area contributed by atoms with Crippen molar-refractivity contribution < 1.29 is 8.42 Å². The monoisotopic (exact) mass is 311 g/mol. The molecule has 0 amide bonds. The van der Waals surface area contributed by atoms with Gasteiger partial charge in [-0.2, -0.15) is 21.3 Å². The van der Waals surface area contributed by atoms with Crippen LogP contribution in [0.3, 0.4) is 0 Å². The van der Waals surface area contributed by atoms with E-state index in [4.69, 9.17) is 11.0 Å². The number of benzene rings is 1. The molecular formula is C13H17N3O2S2. The Hall–Kier alpha value is -1.23. The first kappa shape index (κ1) is 15.2. The van der Waals surface area contributed by atoms with Crippen LogP contribution in [0.2, 0.25) is 0 Å². The number of nitrogens with zero attached hydrogens (tertiary/aromatic N) is 2. The van der Waals surface area contributed by atoms with Crippen molar-refractivity contribution >= 4 is 27.5 Å². The summed E-state index contributed by atoms with van der Waals surface area (Å²) in [6.45, 7) is 4.39. The van der Waals surface area contributed by atoms with Gasteiger partial charge in [0.05, 0.1) is 5.56 Å². The normalized spacial score (nSPS) is 24.2. The van der Waals surface area contributed by atoms with Crippen molar-refractivity contribution in [1.82, 2.24) is 4.31 Å². The average molecular weight is 311 g/mol. The Kier molecular flexibility index (Phi) is 4.28. The predicted octanol–water partition coefficient (Wildman–Crippen LogP) is 1.65. The number of anilines is 1. The van der Waals surface area contributed by atoms with Gasteiger partial charge in [-0.1, -0.05) is 6.92 Å². The third kappa shape index (κ3) is 2.64. The van der Waals surface area contributed by atoms with Crippen molar-refractivity contribution in [3.05, 3.63) is 23.8 Å². The Labute approximate surface area is 123 Å². The molecule has 1 aliphatic rings. The first-order chi connectivity index (χ1) is 9.37. The standard InChI is InChI=1S/C13H17N3O2S2/c1-9-10(2)19-6-5-16(9)20(17,18)13-4-3-12(15)7-11(13)8-14/h3-4,7,9-10H,5-6,15H2,1-2H3. The molecule has 1 aromatic rings. The molecule has 1 aromatic carbocycles. The van der Waals surface area contributed by atoms with Crippen LogP contribution in [0.15, 0.2) is 23.1 Å². The highest BCUT2D eigenvalue weighted by molar-refractivity contribution is 8.00. The Bertz CT molecular complexity index is 652. The summed E-state index contributed by atoms with van der Waals surface area (Å²) in [5.41, 5.74) is 6.10. The average Bonchev–Trinajstić information content (AvgIpc) is 2.41. The van der Waals surface area contributed by atoms with E-state index in [0.29, 0.717) is 12.2 Å². The first-order valence-corrected chi connectivity index (χ1v) is 8.80. The minimum atomic E-state index is -3.66. The van der Waals surface area contributed by atoms with Crippen LogP contribution in [-0.4, -0.2) is 36.3 Å². The van der Waals surface area contributed by atoms with E-state index in [1.165, 1.54) is 22.5 Å². The van der Waals surface area contributed by atoms with Gasteiger partial charge in [-0.25, -0.2) is 8.42 Å². The van der Waals surface area contributed by atoms with Gasteiger partial charge in [-0.15, -0.1) is 0 Å². The van der Waals surface area contributed by atoms with Gasteiger partial charge >= 0.3 is 0 Å². The van der Waals surface area contributed by atoms with E-state index in [1.54, 1.807) is 11.8 Å². The predicted molar refractivity (Wildman–Crippen MR) is 80.8 cm³/mol. The highest BCUT2D eigenvalue weighted by atomic mass is 32.2. The summed E-state index contributed by atoms with van der Waals surface area (Å²) >= 11 is 1.76. The third-order valence-electron chi connectivity index (χ3n) is 3.54. The number of thioether (sulfide) groups is 1. The minimum absolute atomic E-state index is 0.0418. The van der Waals surface area contributed by atoms with E-state index in [1.807, 2.05) is 19.9 Å². The Morgan fingerprint density at radius 1 is 1.45 bits per heavy atom. The molecular weight excluding hydrogens is 294 g/mol. The fraction of sp³-hybridized carbons (Fsp3) is 0.462. The van der Waals surface area contributed by atoms with Crippen LogP contribution in [0.1, 0.15) is 19.4 Å². The molecule has 2 N–H and O–H groups in total. The van der Waals surface area contributed by atoms with Gasteiger partial charge in [0.2, 0.25) is 10.0 Å². The van der Waals surface area contributed by atoms with Crippen molar-refractivity contribution in [2.24, 2.45) is 0 Å². The molecule has 0 saturated carbocycles. The molecule has 2 rings (SSSR count). The number of rotatable bonds is 2.